The van der Waals surface area contributed by atoms with Crippen molar-refractivity contribution in [3.63, 3.8) is 0 Å². The summed E-state index contributed by atoms with van der Waals surface area (Å²) in [6.45, 7) is 3.60. The fraction of sp³-hybridized carbons (Fsp3) is 0.600. The first-order chi connectivity index (χ1) is 7.02. The first-order valence-electron chi connectivity index (χ1n) is 5.00. The van der Waals surface area contributed by atoms with Gasteiger partial charge < -0.3 is 15.3 Å². The van der Waals surface area contributed by atoms with Crippen LogP contribution >= 0.6 is 0 Å². The molecule has 1 aromatic rings. The third-order valence-corrected chi connectivity index (χ3v) is 2.61. The molecule has 0 saturated heterocycles. The smallest absolute Gasteiger partial charge is 0.197 e. The minimum atomic E-state index is -0.820. The molecule has 0 spiro atoms. The zero-order valence-electron chi connectivity index (χ0n) is 9.23. The predicted molar refractivity (Wildman–Crippen MR) is 56.9 cm³/mol. The Balaban J connectivity index is 3.08. The SMILES string of the molecule is CCc1cc(O)n(C(C)C(O)NC)c1O. The Kier molecular flexibility index (Phi) is 3.60. The second-order valence-electron chi connectivity index (χ2n) is 3.55. The highest BCUT2D eigenvalue weighted by atomic mass is 16.3. The van der Waals surface area contributed by atoms with Crippen LogP contribution in [0.2, 0.25) is 0 Å². The van der Waals surface area contributed by atoms with Crippen LogP contribution in [-0.4, -0.2) is 33.2 Å². The number of nitrogens with one attached hydrogen (secondary N) is 1. The van der Waals surface area contributed by atoms with E-state index in [9.17, 15) is 15.3 Å². The molecule has 0 aliphatic carbocycles. The summed E-state index contributed by atoms with van der Waals surface area (Å²) < 4.78 is 1.31. The van der Waals surface area contributed by atoms with Gasteiger partial charge in [-0.15, -0.1) is 0 Å². The Bertz CT molecular complexity index is 336. The van der Waals surface area contributed by atoms with E-state index in [1.54, 1.807) is 14.0 Å². The van der Waals surface area contributed by atoms with Gasteiger partial charge in [0, 0.05) is 11.6 Å². The zero-order chi connectivity index (χ0) is 11.6. The quantitative estimate of drug-likeness (QED) is 0.552. The molecule has 0 aliphatic rings. The van der Waals surface area contributed by atoms with Crippen molar-refractivity contribution in [1.82, 2.24) is 9.88 Å². The second kappa shape index (κ2) is 4.55. The molecule has 0 saturated carbocycles. The van der Waals surface area contributed by atoms with Crippen molar-refractivity contribution in [2.75, 3.05) is 7.05 Å². The monoisotopic (exact) mass is 214 g/mol. The highest BCUT2D eigenvalue weighted by molar-refractivity contribution is 5.36. The van der Waals surface area contributed by atoms with Crippen molar-refractivity contribution in [1.29, 1.82) is 0 Å². The van der Waals surface area contributed by atoms with Crippen LogP contribution in [0.4, 0.5) is 0 Å². The number of aryl methyl sites for hydroxylation is 1. The minimum absolute atomic E-state index is 0.0109. The average molecular weight is 214 g/mol. The van der Waals surface area contributed by atoms with Crippen LogP contribution < -0.4 is 5.32 Å². The zero-order valence-corrected chi connectivity index (χ0v) is 9.23. The number of aliphatic hydroxyl groups excluding tert-OH is 1. The largest absolute Gasteiger partial charge is 0.494 e. The normalized spacial score (nSPS) is 15.2. The van der Waals surface area contributed by atoms with Crippen LogP contribution in [0, 0.1) is 0 Å². The van der Waals surface area contributed by atoms with Gasteiger partial charge in [-0.3, -0.25) is 9.88 Å². The van der Waals surface area contributed by atoms with Gasteiger partial charge in [0.1, 0.15) is 6.23 Å². The van der Waals surface area contributed by atoms with Gasteiger partial charge in [-0.1, -0.05) is 6.92 Å². The lowest BCUT2D eigenvalue weighted by Crippen LogP contribution is -2.33. The molecule has 1 heterocycles. The number of aliphatic hydroxyl groups is 1. The number of aromatic hydroxyl groups is 2. The molecule has 0 aromatic carbocycles. The van der Waals surface area contributed by atoms with E-state index in [0.29, 0.717) is 12.0 Å². The van der Waals surface area contributed by atoms with E-state index in [1.807, 2.05) is 6.92 Å². The summed E-state index contributed by atoms with van der Waals surface area (Å²) in [6.07, 6.45) is -0.187. The van der Waals surface area contributed by atoms with Crippen LogP contribution in [0.3, 0.4) is 0 Å². The molecular weight excluding hydrogens is 196 g/mol. The second-order valence-corrected chi connectivity index (χ2v) is 3.55. The Labute approximate surface area is 89.0 Å². The molecule has 86 valence electrons. The third-order valence-electron chi connectivity index (χ3n) is 2.61. The van der Waals surface area contributed by atoms with E-state index in [2.05, 4.69) is 5.32 Å². The van der Waals surface area contributed by atoms with Crippen molar-refractivity contribution >= 4 is 0 Å². The molecule has 4 N–H and O–H groups in total. The molecule has 2 atom stereocenters. The molecule has 0 amide bonds. The van der Waals surface area contributed by atoms with Gasteiger partial charge in [0.2, 0.25) is 0 Å². The molecule has 0 aliphatic heterocycles. The summed E-state index contributed by atoms with van der Waals surface area (Å²) in [6, 6.07) is 1.07. The molecule has 0 bridgehead atoms. The first-order valence-corrected chi connectivity index (χ1v) is 5.00. The number of hydrogen-bond acceptors (Lipinski definition) is 4. The van der Waals surface area contributed by atoms with Crippen molar-refractivity contribution < 1.29 is 15.3 Å². The van der Waals surface area contributed by atoms with Crippen LogP contribution in [-0.2, 0) is 6.42 Å². The van der Waals surface area contributed by atoms with Crippen LogP contribution in [0.25, 0.3) is 0 Å². The van der Waals surface area contributed by atoms with Crippen molar-refractivity contribution in [2.24, 2.45) is 0 Å². The van der Waals surface area contributed by atoms with E-state index in [-0.39, 0.29) is 11.8 Å². The fourth-order valence-corrected chi connectivity index (χ4v) is 1.60. The molecule has 5 nitrogen and oxygen atoms in total. The van der Waals surface area contributed by atoms with E-state index in [4.69, 9.17) is 0 Å². The Hall–Kier alpha value is -1.20. The van der Waals surface area contributed by atoms with Gasteiger partial charge in [-0.2, -0.15) is 0 Å². The van der Waals surface area contributed by atoms with Crippen LogP contribution in [0.1, 0.15) is 25.5 Å². The van der Waals surface area contributed by atoms with E-state index < -0.39 is 12.3 Å². The maximum Gasteiger partial charge on any atom is 0.197 e. The predicted octanol–water partition coefficient (Wildman–Crippen LogP) is 0.560. The maximum absolute atomic E-state index is 9.79. The van der Waals surface area contributed by atoms with Crippen molar-refractivity contribution in [3.8, 4) is 11.8 Å². The van der Waals surface area contributed by atoms with E-state index >= 15 is 0 Å². The van der Waals surface area contributed by atoms with Crippen molar-refractivity contribution in [3.05, 3.63) is 11.6 Å². The Morgan fingerprint density at radius 1 is 1.47 bits per heavy atom. The topological polar surface area (TPSA) is 77.7 Å². The summed E-state index contributed by atoms with van der Waals surface area (Å²) in [4.78, 5) is 0. The van der Waals surface area contributed by atoms with Gasteiger partial charge in [0.05, 0.1) is 6.04 Å². The summed E-state index contributed by atoms with van der Waals surface area (Å²) in [7, 11) is 1.61. The average Bonchev–Trinajstić information content (AvgIpc) is 2.51. The first kappa shape index (κ1) is 11.9. The number of hydrogen-bond donors (Lipinski definition) is 4. The third kappa shape index (κ3) is 2.08. The van der Waals surface area contributed by atoms with Gasteiger partial charge in [-0.25, -0.2) is 0 Å². The lowest BCUT2D eigenvalue weighted by Gasteiger charge is -2.21. The summed E-state index contributed by atoms with van der Waals surface area (Å²) >= 11 is 0. The lowest BCUT2D eigenvalue weighted by atomic mass is 10.2. The number of rotatable bonds is 4. The number of nitrogens with zero attached hydrogens (tertiary/aromatic N) is 1. The van der Waals surface area contributed by atoms with Gasteiger partial charge >= 0.3 is 0 Å². The summed E-state index contributed by atoms with van der Waals surface area (Å²) in [5, 5.41) is 31.6. The highest BCUT2D eigenvalue weighted by Crippen LogP contribution is 2.32. The van der Waals surface area contributed by atoms with Crippen LogP contribution in [0.5, 0.6) is 11.8 Å². The molecule has 2 unspecified atom stereocenters. The number of aromatic nitrogens is 1. The van der Waals surface area contributed by atoms with Gasteiger partial charge in [0.15, 0.2) is 11.8 Å². The molecular formula is C10H18N2O3. The van der Waals surface area contributed by atoms with Gasteiger partial charge in [-0.05, 0) is 20.4 Å². The summed E-state index contributed by atoms with van der Waals surface area (Å²) in [5.41, 5.74) is 0.669. The Morgan fingerprint density at radius 3 is 2.47 bits per heavy atom. The molecule has 0 fully saturated rings. The van der Waals surface area contributed by atoms with E-state index in [0.717, 1.165) is 0 Å². The minimum Gasteiger partial charge on any atom is -0.494 e. The molecule has 1 aromatic heterocycles. The van der Waals surface area contributed by atoms with Crippen LogP contribution in [0.15, 0.2) is 6.07 Å². The summed E-state index contributed by atoms with van der Waals surface area (Å²) in [5.74, 6) is -0.0250. The molecule has 5 heteroatoms. The maximum atomic E-state index is 9.79. The number of likely N-dealkylation sites (N-methyl/N-ethyl adjacent to an activating group) is 1. The van der Waals surface area contributed by atoms with Gasteiger partial charge in [0.25, 0.3) is 0 Å². The standard InChI is InChI=1S/C10H18N2O3/c1-4-7-5-8(13)12(10(7)15)6(2)9(14)11-3/h5-6,9,11,13-15H,4H2,1-3H3. The van der Waals surface area contributed by atoms with E-state index in [1.165, 1.54) is 10.6 Å². The highest BCUT2D eigenvalue weighted by Gasteiger charge is 2.22. The fourth-order valence-electron chi connectivity index (χ4n) is 1.60. The molecule has 0 radical (unpaired) electrons. The Morgan fingerprint density at radius 2 is 2.07 bits per heavy atom. The molecule has 15 heavy (non-hydrogen) atoms. The molecule has 1 rings (SSSR count). The lowest BCUT2D eigenvalue weighted by molar-refractivity contribution is 0.0876. The van der Waals surface area contributed by atoms with Crippen molar-refractivity contribution in [2.45, 2.75) is 32.5 Å².